The van der Waals surface area contributed by atoms with Crippen molar-refractivity contribution in [3.8, 4) is 0 Å². The number of fused-ring (bicyclic) bond motifs is 1. The van der Waals surface area contributed by atoms with Gasteiger partial charge in [-0.15, -0.1) is 0 Å². The topological polar surface area (TPSA) is 87.7 Å². The fraction of sp³-hybridized carbons (Fsp3) is 0.441. The lowest BCUT2D eigenvalue weighted by atomic mass is 9.93. The molecule has 0 saturated carbocycles. The number of hydrogen-bond acceptors (Lipinski definition) is 4. The van der Waals surface area contributed by atoms with Crippen LogP contribution >= 0.6 is 0 Å². The van der Waals surface area contributed by atoms with E-state index in [4.69, 9.17) is 4.74 Å². The molecule has 0 aliphatic carbocycles. The van der Waals surface area contributed by atoms with Crippen molar-refractivity contribution in [1.82, 2.24) is 10.2 Å². The van der Waals surface area contributed by atoms with Crippen LogP contribution < -0.4 is 10.6 Å². The molecule has 0 aliphatic rings. The summed E-state index contributed by atoms with van der Waals surface area (Å²) in [4.78, 5) is 43.0. The largest absolute Gasteiger partial charge is 0.444 e. The molecule has 0 spiro atoms. The van der Waals surface area contributed by atoms with E-state index in [-0.39, 0.29) is 17.7 Å². The summed E-state index contributed by atoms with van der Waals surface area (Å²) >= 11 is 0. The zero-order valence-electron chi connectivity index (χ0n) is 25.7. The summed E-state index contributed by atoms with van der Waals surface area (Å²) in [5, 5.41) is 7.98. The third kappa shape index (κ3) is 8.32. The van der Waals surface area contributed by atoms with Crippen molar-refractivity contribution in [3.05, 3.63) is 77.4 Å². The minimum atomic E-state index is -0.902. The summed E-state index contributed by atoms with van der Waals surface area (Å²) < 4.78 is 5.49. The fourth-order valence-electron chi connectivity index (χ4n) is 4.89. The zero-order chi connectivity index (χ0) is 30.3. The summed E-state index contributed by atoms with van der Waals surface area (Å²) in [5.41, 5.74) is 2.59. The lowest BCUT2D eigenvalue weighted by molar-refractivity contribution is -0.142. The van der Waals surface area contributed by atoms with Crippen molar-refractivity contribution < 1.29 is 19.1 Å². The third-order valence-electron chi connectivity index (χ3n) is 7.21. The van der Waals surface area contributed by atoms with E-state index in [0.29, 0.717) is 25.1 Å². The number of alkyl carbamates (subject to hydrolysis) is 1. The van der Waals surface area contributed by atoms with Gasteiger partial charge in [-0.2, -0.15) is 0 Å². The number of amides is 3. The molecular weight excluding hydrogens is 514 g/mol. The highest BCUT2D eigenvalue weighted by atomic mass is 16.6. The van der Waals surface area contributed by atoms with Gasteiger partial charge in [-0.05, 0) is 81.0 Å². The Labute approximate surface area is 244 Å². The first kappa shape index (κ1) is 31.7. The van der Waals surface area contributed by atoms with Crippen LogP contribution in [-0.2, 0) is 14.3 Å². The molecule has 41 heavy (non-hydrogen) atoms. The highest BCUT2D eigenvalue weighted by Gasteiger charge is 2.38. The molecule has 3 rings (SSSR count). The number of carbonyl (C=O) groups is 3. The van der Waals surface area contributed by atoms with Gasteiger partial charge in [0.2, 0.25) is 5.91 Å². The number of ether oxygens (including phenoxy) is 1. The summed E-state index contributed by atoms with van der Waals surface area (Å²) in [5.74, 6) is -0.806. The van der Waals surface area contributed by atoms with Gasteiger partial charge in [0.05, 0.1) is 0 Å². The van der Waals surface area contributed by atoms with E-state index in [9.17, 15) is 14.4 Å². The van der Waals surface area contributed by atoms with Gasteiger partial charge in [0, 0.05) is 12.2 Å². The number of benzene rings is 3. The maximum absolute atomic E-state index is 14.4. The Hall–Kier alpha value is -3.87. The van der Waals surface area contributed by atoms with Crippen LogP contribution in [0, 0.1) is 19.8 Å². The van der Waals surface area contributed by atoms with Gasteiger partial charge < -0.3 is 20.3 Å². The standard InChI is InChI=1S/C34H45N3O4/c1-9-19-37(32(39)29(23(4)10-2)36-33(40)41-34(6,7)8)30(28-20-22(3)15-16-24(28)5)31(38)35-27-18-17-25-13-11-12-14-26(25)21-27/h11-18,20-21,23,29-30H,9-10,19H2,1-8H3,(H,35,38)(H,36,40). The average molecular weight is 560 g/mol. The molecular formula is C34H45N3O4. The van der Waals surface area contributed by atoms with Crippen LogP contribution in [0.25, 0.3) is 10.8 Å². The Morgan fingerprint density at radius 3 is 2.24 bits per heavy atom. The number of carbonyl (C=O) groups excluding carboxylic acids is 3. The summed E-state index contributed by atoms with van der Waals surface area (Å²) in [6.45, 7) is 15.5. The molecule has 3 atom stereocenters. The van der Waals surface area contributed by atoms with Crippen LogP contribution in [0.3, 0.4) is 0 Å². The van der Waals surface area contributed by atoms with E-state index in [1.807, 2.05) is 95.3 Å². The monoisotopic (exact) mass is 559 g/mol. The second kappa shape index (κ2) is 13.7. The minimum absolute atomic E-state index is 0.183. The van der Waals surface area contributed by atoms with Gasteiger partial charge in [-0.1, -0.05) is 81.3 Å². The lowest BCUT2D eigenvalue weighted by Crippen LogP contribution is -2.55. The first-order chi connectivity index (χ1) is 19.3. The Bertz CT molecular complexity index is 1380. The third-order valence-corrected chi connectivity index (χ3v) is 7.21. The van der Waals surface area contributed by atoms with Gasteiger partial charge in [0.25, 0.3) is 5.91 Å². The lowest BCUT2D eigenvalue weighted by Gasteiger charge is -2.36. The zero-order valence-corrected chi connectivity index (χ0v) is 25.7. The van der Waals surface area contributed by atoms with Gasteiger partial charge in [0.15, 0.2) is 0 Å². The molecule has 7 nitrogen and oxygen atoms in total. The molecule has 0 bridgehead atoms. The van der Waals surface area contributed by atoms with Crippen molar-refractivity contribution in [3.63, 3.8) is 0 Å². The van der Waals surface area contributed by atoms with Crippen molar-refractivity contribution in [2.45, 2.75) is 85.9 Å². The van der Waals surface area contributed by atoms with Crippen LogP contribution in [0.2, 0.25) is 0 Å². The highest BCUT2D eigenvalue weighted by molar-refractivity contribution is 6.00. The first-order valence-corrected chi connectivity index (χ1v) is 14.5. The van der Waals surface area contributed by atoms with Crippen LogP contribution in [0.5, 0.6) is 0 Å². The van der Waals surface area contributed by atoms with Crippen molar-refractivity contribution in [2.24, 2.45) is 5.92 Å². The SMILES string of the molecule is CCCN(C(=O)C(NC(=O)OC(C)(C)C)C(C)CC)C(C(=O)Nc1ccc2ccccc2c1)c1cc(C)ccc1C. The van der Waals surface area contributed by atoms with Crippen LogP contribution in [0.1, 0.15) is 77.1 Å². The van der Waals surface area contributed by atoms with Crippen LogP contribution in [0.15, 0.2) is 60.7 Å². The molecule has 0 heterocycles. The smallest absolute Gasteiger partial charge is 0.408 e. The predicted octanol–water partition coefficient (Wildman–Crippen LogP) is 7.31. The molecule has 220 valence electrons. The normalized spacial score (nSPS) is 13.7. The Morgan fingerprint density at radius 1 is 0.927 bits per heavy atom. The molecule has 3 aromatic rings. The van der Waals surface area contributed by atoms with Gasteiger partial charge in [-0.3, -0.25) is 9.59 Å². The minimum Gasteiger partial charge on any atom is -0.444 e. The molecule has 0 aromatic heterocycles. The van der Waals surface area contributed by atoms with Crippen molar-refractivity contribution in [2.75, 3.05) is 11.9 Å². The molecule has 0 saturated heterocycles. The Balaban J connectivity index is 2.06. The number of aryl methyl sites for hydroxylation is 2. The average Bonchev–Trinajstić information content (AvgIpc) is 2.91. The molecule has 3 aromatic carbocycles. The Morgan fingerprint density at radius 2 is 1.61 bits per heavy atom. The maximum atomic E-state index is 14.4. The van der Waals surface area contributed by atoms with Crippen molar-refractivity contribution >= 4 is 34.4 Å². The molecule has 0 fully saturated rings. The quantitative estimate of drug-likeness (QED) is 0.273. The van der Waals surface area contributed by atoms with E-state index in [2.05, 4.69) is 10.6 Å². The van der Waals surface area contributed by atoms with Gasteiger partial charge in [-0.25, -0.2) is 4.79 Å². The summed E-state index contributed by atoms with van der Waals surface area (Å²) in [6, 6.07) is 17.9. The molecule has 0 aliphatic heterocycles. The van der Waals surface area contributed by atoms with E-state index in [0.717, 1.165) is 27.5 Å². The van der Waals surface area contributed by atoms with E-state index in [1.165, 1.54) is 0 Å². The molecule has 2 N–H and O–H groups in total. The number of hydrogen-bond donors (Lipinski definition) is 2. The molecule has 0 radical (unpaired) electrons. The first-order valence-electron chi connectivity index (χ1n) is 14.5. The van der Waals surface area contributed by atoms with Gasteiger partial charge >= 0.3 is 6.09 Å². The summed E-state index contributed by atoms with van der Waals surface area (Å²) in [6.07, 6.45) is 0.635. The van der Waals surface area contributed by atoms with Crippen molar-refractivity contribution in [1.29, 1.82) is 0 Å². The Kier molecular flexibility index (Phi) is 10.5. The maximum Gasteiger partial charge on any atom is 0.408 e. The highest BCUT2D eigenvalue weighted by Crippen LogP contribution is 2.30. The van der Waals surface area contributed by atoms with Crippen LogP contribution in [-0.4, -0.2) is 41.0 Å². The van der Waals surface area contributed by atoms with Crippen LogP contribution in [0.4, 0.5) is 10.5 Å². The molecule has 7 heteroatoms. The summed E-state index contributed by atoms with van der Waals surface area (Å²) in [7, 11) is 0. The van der Waals surface area contributed by atoms with Gasteiger partial charge in [0.1, 0.15) is 17.7 Å². The van der Waals surface area contributed by atoms with E-state index < -0.39 is 23.8 Å². The second-order valence-electron chi connectivity index (χ2n) is 11.9. The predicted molar refractivity (Wildman–Crippen MR) is 166 cm³/mol. The van der Waals surface area contributed by atoms with E-state index >= 15 is 0 Å². The molecule has 3 unspecified atom stereocenters. The number of nitrogens with zero attached hydrogens (tertiary/aromatic N) is 1. The number of rotatable bonds is 10. The molecule has 3 amide bonds. The number of nitrogens with one attached hydrogen (secondary N) is 2. The second-order valence-corrected chi connectivity index (χ2v) is 11.9. The van der Waals surface area contributed by atoms with E-state index in [1.54, 1.807) is 25.7 Å². The fourth-order valence-corrected chi connectivity index (χ4v) is 4.89. The number of anilines is 1.